The van der Waals surface area contributed by atoms with Crippen LogP contribution in [-0.4, -0.2) is 35.5 Å². The fourth-order valence-corrected chi connectivity index (χ4v) is 2.60. The van der Waals surface area contributed by atoms with Gasteiger partial charge in [0.15, 0.2) is 11.6 Å². The summed E-state index contributed by atoms with van der Waals surface area (Å²) in [4.78, 5) is 24.6. The number of carbonyl (C=O) groups is 2. The molecule has 2 rings (SSSR count). The Morgan fingerprint density at radius 1 is 1.07 bits per heavy atom. The first-order valence-electron chi connectivity index (χ1n) is 8.46. The van der Waals surface area contributed by atoms with Gasteiger partial charge in [0.25, 0.3) is 0 Å². The fourth-order valence-electron chi connectivity index (χ4n) is 2.60. The van der Waals surface area contributed by atoms with E-state index >= 15 is 0 Å². The monoisotopic (exact) mass is 377 g/mol. The van der Waals surface area contributed by atoms with Gasteiger partial charge < -0.3 is 14.7 Å². The van der Waals surface area contributed by atoms with Crippen LogP contribution in [0.4, 0.5) is 8.78 Å². The Bertz CT molecular complexity index is 793. The molecule has 27 heavy (non-hydrogen) atoms. The van der Waals surface area contributed by atoms with E-state index in [4.69, 9.17) is 9.84 Å². The number of ether oxygens (including phenoxy) is 1. The SMILES string of the molecule is COc1ccc(CCC(=O)N(CCC(=O)O)Cc2cccc(F)c2F)cc1. The topological polar surface area (TPSA) is 66.8 Å². The highest BCUT2D eigenvalue weighted by Crippen LogP contribution is 2.16. The van der Waals surface area contributed by atoms with E-state index in [0.29, 0.717) is 12.2 Å². The van der Waals surface area contributed by atoms with Crippen molar-refractivity contribution in [3.05, 3.63) is 65.2 Å². The molecule has 7 heteroatoms. The first kappa shape index (κ1) is 20.4. The molecule has 2 aromatic rings. The first-order valence-corrected chi connectivity index (χ1v) is 8.46. The van der Waals surface area contributed by atoms with Crippen LogP contribution in [0.2, 0.25) is 0 Å². The van der Waals surface area contributed by atoms with Gasteiger partial charge in [0, 0.05) is 25.1 Å². The predicted molar refractivity (Wildman–Crippen MR) is 95.3 cm³/mol. The van der Waals surface area contributed by atoms with E-state index in [1.54, 1.807) is 19.2 Å². The van der Waals surface area contributed by atoms with Gasteiger partial charge in [0.1, 0.15) is 5.75 Å². The van der Waals surface area contributed by atoms with Gasteiger partial charge in [-0.3, -0.25) is 9.59 Å². The van der Waals surface area contributed by atoms with Gasteiger partial charge in [0.2, 0.25) is 5.91 Å². The number of hydrogen-bond donors (Lipinski definition) is 1. The molecule has 0 fully saturated rings. The Hall–Kier alpha value is -2.96. The van der Waals surface area contributed by atoms with Gasteiger partial charge in [0.05, 0.1) is 13.5 Å². The van der Waals surface area contributed by atoms with E-state index in [2.05, 4.69) is 0 Å². The molecule has 0 spiro atoms. The summed E-state index contributed by atoms with van der Waals surface area (Å²) < 4.78 is 32.4. The zero-order chi connectivity index (χ0) is 19.8. The summed E-state index contributed by atoms with van der Waals surface area (Å²) >= 11 is 0. The lowest BCUT2D eigenvalue weighted by atomic mass is 10.1. The van der Waals surface area contributed by atoms with Crippen LogP contribution in [-0.2, 0) is 22.6 Å². The van der Waals surface area contributed by atoms with Crippen molar-refractivity contribution in [1.29, 1.82) is 0 Å². The molecule has 2 aromatic carbocycles. The third kappa shape index (κ3) is 6.06. The maximum Gasteiger partial charge on any atom is 0.305 e. The second-order valence-corrected chi connectivity index (χ2v) is 6.02. The molecule has 0 atom stereocenters. The lowest BCUT2D eigenvalue weighted by Gasteiger charge is -2.22. The van der Waals surface area contributed by atoms with Crippen LogP contribution in [0.15, 0.2) is 42.5 Å². The molecule has 0 unspecified atom stereocenters. The van der Waals surface area contributed by atoms with Crippen molar-refractivity contribution in [2.45, 2.75) is 25.8 Å². The van der Waals surface area contributed by atoms with E-state index < -0.39 is 17.6 Å². The van der Waals surface area contributed by atoms with Gasteiger partial charge in [-0.1, -0.05) is 24.3 Å². The van der Waals surface area contributed by atoms with E-state index in [9.17, 15) is 18.4 Å². The lowest BCUT2D eigenvalue weighted by molar-refractivity contribution is -0.138. The number of aryl methyl sites for hydroxylation is 1. The second-order valence-electron chi connectivity index (χ2n) is 6.02. The summed E-state index contributed by atoms with van der Waals surface area (Å²) in [6.45, 7) is -0.259. The number of carboxylic acids is 1. The van der Waals surface area contributed by atoms with E-state index in [1.807, 2.05) is 12.1 Å². The molecule has 0 saturated carbocycles. The quantitative estimate of drug-likeness (QED) is 0.727. The van der Waals surface area contributed by atoms with Crippen molar-refractivity contribution in [2.75, 3.05) is 13.7 Å². The fraction of sp³-hybridized carbons (Fsp3) is 0.300. The third-order valence-corrected chi connectivity index (χ3v) is 4.13. The molecule has 0 radical (unpaired) electrons. The summed E-state index contributed by atoms with van der Waals surface area (Å²) in [6.07, 6.45) is 0.298. The van der Waals surface area contributed by atoms with E-state index in [0.717, 1.165) is 11.6 Å². The highest BCUT2D eigenvalue weighted by molar-refractivity contribution is 5.77. The number of amides is 1. The van der Waals surface area contributed by atoms with Gasteiger partial charge >= 0.3 is 5.97 Å². The Balaban J connectivity index is 2.05. The van der Waals surface area contributed by atoms with Gasteiger partial charge in [-0.05, 0) is 30.2 Å². The Labute approximate surface area is 156 Å². The number of hydrogen-bond acceptors (Lipinski definition) is 3. The second kappa shape index (κ2) is 9.66. The predicted octanol–water partition coefficient (Wildman–Crippen LogP) is 3.41. The molecule has 144 valence electrons. The number of methoxy groups -OCH3 is 1. The van der Waals surface area contributed by atoms with Gasteiger partial charge in [-0.2, -0.15) is 0 Å². The van der Waals surface area contributed by atoms with Gasteiger partial charge in [-0.15, -0.1) is 0 Å². The van der Waals surface area contributed by atoms with Crippen molar-refractivity contribution < 1.29 is 28.2 Å². The summed E-state index contributed by atoms with van der Waals surface area (Å²) in [5.41, 5.74) is 0.928. The highest BCUT2D eigenvalue weighted by atomic mass is 19.2. The minimum absolute atomic E-state index is 0.0122. The van der Waals surface area contributed by atoms with E-state index in [-0.39, 0.29) is 37.4 Å². The molecule has 0 saturated heterocycles. The molecule has 0 aliphatic carbocycles. The average Bonchev–Trinajstić information content (AvgIpc) is 2.66. The van der Waals surface area contributed by atoms with Crippen molar-refractivity contribution in [1.82, 2.24) is 4.90 Å². The highest BCUT2D eigenvalue weighted by Gasteiger charge is 2.18. The molecule has 0 heterocycles. The van der Waals surface area contributed by atoms with Crippen LogP contribution >= 0.6 is 0 Å². The van der Waals surface area contributed by atoms with Crippen molar-refractivity contribution in [3.63, 3.8) is 0 Å². The van der Waals surface area contributed by atoms with Crippen LogP contribution in [0, 0.1) is 11.6 Å². The van der Waals surface area contributed by atoms with Crippen LogP contribution < -0.4 is 4.74 Å². The summed E-state index contributed by atoms with van der Waals surface area (Å²) in [5.74, 6) is -2.72. The zero-order valence-electron chi connectivity index (χ0n) is 15.0. The summed E-state index contributed by atoms with van der Waals surface area (Å²) in [7, 11) is 1.56. The molecule has 0 aromatic heterocycles. The Morgan fingerprint density at radius 3 is 2.41 bits per heavy atom. The number of aliphatic carboxylic acids is 1. The Kier molecular flexibility index (Phi) is 7.28. The lowest BCUT2D eigenvalue weighted by Crippen LogP contribution is -2.33. The largest absolute Gasteiger partial charge is 0.497 e. The molecule has 0 aliphatic rings. The maximum atomic E-state index is 13.9. The maximum absolute atomic E-state index is 13.9. The molecular weight excluding hydrogens is 356 g/mol. The molecular formula is C20H21F2NO4. The molecule has 5 nitrogen and oxygen atoms in total. The zero-order valence-corrected chi connectivity index (χ0v) is 15.0. The summed E-state index contributed by atoms with van der Waals surface area (Å²) in [5, 5.41) is 8.88. The number of carbonyl (C=O) groups excluding carboxylic acids is 1. The smallest absolute Gasteiger partial charge is 0.305 e. The minimum atomic E-state index is -1.07. The Morgan fingerprint density at radius 2 is 1.78 bits per heavy atom. The standard InChI is InChI=1S/C20H21F2NO4/c1-27-16-8-5-14(6-9-16)7-10-18(24)23(12-11-19(25)26)13-15-3-2-4-17(21)20(15)22/h2-6,8-9H,7,10-13H2,1H3,(H,25,26). The van der Waals surface area contributed by atoms with E-state index in [1.165, 1.54) is 17.0 Å². The van der Waals surface area contributed by atoms with Crippen LogP contribution in [0.5, 0.6) is 5.75 Å². The van der Waals surface area contributed by atoms with Crippen LogP contribution in [0.1, 0.15) is 24.0 Å². The van der Waals surface area contributed by atoms with Crippen molar-refractivity contribution in [3.8, 4) is 5.75 Å². The van der Waals surface area contributed by atoms with Crippen LogP contribution in [0.3, 0.4) is 0 Å². The number of rotatable bonds is 9. The number of nitrogens with zero attached hydrogens (tertiary/aromatic N) is 1. The molecule has 0 aliphatic heterocycles. The molecule has 0 bridgehead atoms. The average molecular weight is 377 g/mol. The minimum Gasteiger partial charge on any atom is -0.497 e. The summed E-state index contributed by atoms with van der Waals surface area (Å²) in [6, 6.07) is 11.0. The first-order chi connectivity index (χ1) is 12.9. The van der Waals surface area contributed by atoms with Gasteiger partial charge in [-0.25, -0.2) is 8.78 Å². The number of halogens is 2. The molecule has 1 N–H and O–H groups in total. The normalized spacial score (nSPS) is 10.5. The van der Waals surface area contributed by atoms with Crippen molar-refractivity contribution in [2.24, 2.45) is 0 Å². The molecule has 1 amide bonds. The third-order valence-electron chi connectivity index (χ3n) is 4.13. The van der Waals surface area contributed by atoms with Crippen LogP contribution in [0.25, 0.3) is 0 Å². The number of carboxylic acid groups (broad SMARTS) is 1. The number of benzene rings is 2. The van der Waals surface area contributed by atoms with Crippen molar-refractivity contribution >= 4 is 11.9 Å².